The van der Waals surface area contributed by atoms with E-state index in [1.807, 2.05) is 41.0 Å². The van der Waals surface area contributed by atoms with Crippen molar-refractivity contribution in [2.75, 3.05) is 0 Å². The van der Waals surface area contributed by atoms with Crippen molar-refractivity contribution in [3.05, 3.63) is 188 Å². The third-order valence-electron chi connectivity index (χ3n) is 10.6. The highest BCUT2D eigenvalue weighted by Gasteiger charge is 2.19. The van der Waals surface area contributed by atoms with Crippen molar-refractivity contribution >= 4 is 63.0 Å². The molecule has 0 saturated heterocycles. The monoisotopic (exact) mass is 749 g/mol. The average molecular weight is 750 g/mol. The van der Waals surface area contributed by atoms with Gasteiger partial charge in [-0.05, 0) is 82.4 Å². The highest BCUT2D eigenvalue weighted by molar-refractivity contribution is 7.26. The summed E-state index contributed by atoms with van der Waals surface area (Å²) in [7, 11) is 0. The van der Waals surface area contributed by atoms with Crippen molar-refractivity contribution in [2.45, 2.75) is 0 Å². The van der Waals surface area contributed by atoms with Crippen LogP contribution in [0, 0.1) is 0 Å². The predicted molar refractivity (Wildman–Crippen MR) is 238 cm³/mol. The first kappa shape index (κ1) is 32.6. The van der Waals surface area contributed by atoms with E-state index in [0.29, 0.717) is 5.82 Å². The summed E-state index contributed by atoms with van der Waals surface area (Å²) in [5.41, 5.74) is 11.6. The van der Waals surface area contributed by atoms with E-state index >= 15 is 0 Å². The Morgan fingerprint density at radius 2 is 0.839 bits per heavy atom. The first-order valence-corrected chi connectivity index (χ1v) is 20.3. The third kappa shape index (κ3) is 5.60. The highest BCUT2D eigenvalue weighted by atomic mass is 32.1. The number of rotatable bonds is 6. The van der Waals surface area contributed by atoms with Gasteiger partial charge in [0.2, 0.25) is 0 Å². The van der Waals surface area contributed by atoms with Crippen LogP contribution < -0.4 is 0 Å². The van der Waals surface area contributed by atoms with E-state index < -0.39 is 0 Å². The van der Waals surface area contributed by atoms with Crippen LogP contribution >= 0.6 is 22.7 Å². The second-order valence-electron chi connectivity index (χ2n) is 14.0. The molecule has 56 heavy (non-hydrogen) atoms. The van der Waals surface area contributed by atoms with E-state index in [1.54, 1.807) is 6.20 Å². The molecular weight excluding hydrogens is 719 g/mol. The molecule has 0 unspecified atom stereocenters. The molecule has 3 nitrogen and oxygen atoms in total. The fraction of sp³-hybridized carbons (Fsp3) is 0. The molecule has 5 heteroatoms. The SMILES string of the molecule is c1ccc(-c2cc(-c3cc(-c4cccc5sc6ccccc6c45)cc(-c4cccc5sc6ccccc6c45)c3)nc(-c3ccccc3-c3cccnc3)n2)cc1. The molecule has 0 aliphatic carbocycles. The number of thiophene rings is 2. The summed E-state index contributed by atoms with van der Waals surface area (Å²) in [5.74, 6) is 0.671. The van der Waals surface area contributed by atoms with Gasteiger partial charge in [-0.3, -0.25) is 4.98 Å². The number of aromatic nitrogens is 3. The normalized spacial score (nSPS) is 11.6. The average Bonchev–Trinajstić information content (AvgIpc) is 3.85. The number of hydrogen-bond acceptors (Lipinski definition) is 5. The molecule has 0 spiro atoms. The lowest BCUT2D eigenvalue weighted by Crippen LogP contribution is -1.98. The van der Waals surface area contributed by atoms with Crippen molar-refractivity contribution in [3.63, 3.8) is 0 Å². The fourth-order valence-electron chi connectivity index (χ4n) is 8.04. The van der Waals surface area contributed by atoms with E-state index in [0.717, 1.165) is 50.3 Å². The van der Waals surface area contributed by atoms with Crippen LogP contribution in [-0.4, -0.2) is 15.0 Å². The molecule has 0 saturated carbocycles. The summed E-state index contributed by atoms with van der Waals surface area (Å²) in [4.78, 5) is 15.1. The van der Waals surface area contributed by atoms with Gasteiger partial charge in [0.15, 0.2) is 5.82 Å². The van der Waals surface area contributed by atoms with Gasteiger partial charge in [0, 0.05) is 75.0 Å². The summed E-state index contributed by atoms with van der Waals surface area (Å²) >= 11 is 3.70. The van der Waals surface area contributed by atoms with Crippen LogP contribution in [0.3, 0.4) is 0 Å². The molecule has 4 aromatic heterocycles. The maximum absolute atomic E-state index is 5.43. The van der Waals surface area contributed by atoms with Crippen molar-refractivity contribution < 1.29 is 0 Å². The van der Waals surface area contributed by atoms with Crippen LogP contribution in [0.4, 0.5) is 0 Å². The highest BCUT2D eigenvalue weighted by Crippen LogP contribution is 2.45. The Bertz CT molecular complexity index is 3120. The van der Waals surface area contributed by atoms with Gasteiger partial charge >= 0.3 is 0 Å². The number of nitrogens with zero attached hydrogens (tertiary/aromatic N) is 3. The van der Waals surface area contributed by atoms with E-state index in [2.05, 4.69) is 169 Å². The Hall–Kier alpha value is -6.79. The molecule has 0 radical (unpaired) electrons. The molecular formula is C51H31N3S2. The molecule has 0 atom stereocenters. The lowest BCUT2D eigenvalue weighted by molar-refractivity contribution is 1.18. The smallest absolute Gasteiger partial charge is 0.161 e. The zero-order valence-corrected chi connectivity index (χ0v) is 31.7. The Morgan fingerprint density at radius 1 is 0.339 bits per heavy atom. The predicted octanol–water partition coefficient (Wildman–Crippen LogP) is 14.6. The summed E-state index contributed by atoms with van der Waals surface area (Å²) in [6.45, 7) is 0. The maximum Gasteiger partial charge on any atom is 0.161 e. The van der Waals surface area contributed by atoms with Gasteiger partial charge in [-0.2, -0.15) is 0 Å². The Balaban J connectivity index is 1.21. The van der Waals surface area contributed by atoms with Crippen LogP contribution in [0.1, 0.15) is 0 Å². The van der Waals surface area contributed by atoms with Crippen LogP contribution in [0.2, 0.25) is 0 Å². The lowest BCUT2D eigenvalue weighted by atomic mass is 9.91. The van der Waals surface area contributed by atoms with Crippen molar-refractivity contribution in [1.82, 2.24) is 15.0 Å². The van der Waals surface area contributed by atoms with Gasteiger partial charge in [-0.15, -0.1) is 22.7 Å². The summed E-state index contributed by atoms with van der Waals surface area (Å²) < 4.78 is 5.15. The number of hydrogen-bond donors (Lipinski definition) is 0. The molecule has 7 aromatic carbocycles. The maximum atomic E-state index is 5.43. The lowest BCUT2D eigenvalue weighted by Gasteiger charge is -2.15. The van der Waals surface area contributed by atoms with Gasteiger partial charge in [-0.25, -0.2) is 9.97 Å². The summed E-state index contributed by atoms with van der Waals surface area (Å²) in [5, 5.41) is 5.13. The first-order valence-electron chi connectivity index (χ1n) is 18.7. The number of fused-ring (bicyclic) bond motifs is 6. The van der Waals surface area contributed by atoms with E-state index in [4.69, 9.17) is 9.97 Å². The minimum Gasteiger partial charge on any atom is -0.264 e. The Kier molecular flexibility index (Phi) is 7.87. The molecule has 0 fully saturated rings. The van der Waals surface area contributed by atoms with Gasteiger partial charge < -0.3 is 0 Å². The number of pyridine rings is 1. The molecule has 0 bridgehead atoms. The van der Waals surface area contributed by atoms with Crippen LogP contribution in [-0.2, 0) is 0 Å². The minimum atomic E-state index is 0.671. The second kappa shape index (κ2) is 13.5. The van der Waals surface area contributed by atoms with Crippen molar-refractivity contribution in [3.8, 4) is 67.3 Å². The molecule has 11 rings (SSSR count). The van der Waals surface area contributed by atoms with Gasteiger partial charge in [0.05, 0.1) is 11.4 Å². The van der Waals surface area contributed by atoms with Gasteiger partial charge in [0.1, 0.15) is 0 Å². The van der Waals surface area contributed by atoms with E-state index in [9.17, 15) is 0 Å². The van der Waals surface area contributed by atoms with Gasteiger partial charge in [0.25, 0.3) is 0 Å². The molecule has 4 heterocycles. The van der Waals surface area contributed by atoms with Crippen LogP contribution in [0.15, 0.2) is 188 Å². The Morgan fingerprint density at radius 3 is 1.46 bits per heavy atom. The van der Waals surface area contributed by atoms with Crippen molar-refractivity contribution in [1.29, 1.82) is 0 Å². The third-order valence-corrected chi connectivity index (χ3v) is 12.9. The number of benzene rings is 7. The van der Waals surface area contributed by atoms with Gasteiger partial charge in [-0.1, -0.05) is 121 Å². The zero-order chi connectivity index (χ0) is 37.0. The summed E-state index contributed by atoms with van der Waals surface area (Å²) in [6.07, 6.45) is 3.71. The molecule has 0 amide bonds. The van der Waals surface area contributed by atoms with Crippen molar-refractivity contribution in [2.24, 2.45) is 0 Å². The fourth-order valence-corrected chi connectivity index (χ4v) is 10.3. The van der Waals surface area contributed by atoms with E-state index in [-0.39, 0.29) is 0 Å². The van der Waals surface area contributed by atoms with Crippen LogP contribution in [0.5, 0.6) is 0 Å². The summed E-state index contributed by atoms with van der Waals surface area (Å²) in [6, 6.07) is 63.0. The molecule has 0 aliphatic heterocycles. The largest absolute Gasteiger partial charge is 0.264 e. The Labute approximate surface area is 331 Å². The topological polar surface area (TPSA) is 38.7 Å². The quantitative estimate of drug-likeness (QED) is 0.170. The second-order valence-corrected chi connectivity index (χ2v) is 16.1. The molecule has 262 valence electrons. The van der Waals surface area contributed by atoms with E-state index in [1.165, 1.54) is 51.5 Å². The molecule has 11 aromatic rings. The zero-order valence-electron chi connectivity index (χ0n) is 30.1. The van der Waals surface area contributed by atoms with Crippen LogP contribution in [0.25, 0.3) is 108 Å². The first-order chi connectivity index (χ1) is 27.7. The molecule has 0 N–H and O–H groups in total. The molecule has 0 aliphatic rings. The minimum absolute atomic E-state index is 0.671. The standard InChI is InChI=1S/C51H31N3S2/c1-2-13-32(14-3-1)43-30-44(54-51(53-43)40-17-5-4-16-37(40)33-15-12-26-52-31-33)36-28-34(38-20-10-24-47-49(38)41-18-6-8-22-45(41)55-47)27-35(29-36)39-21-11-25-48-50(39)42-19-7-9-23-46(42)56-48/h1-31H.